The van der Waals surface area contributed by atoms with Crippen LogP contribution in [-0.4, -0.2) is 47.3 Å². The smallest absolute Gasteiger partial charge is 0.287 e. The largest absolute Gasteiger partial charge is 0.508 e. The number of phenols is 1. The lowest BCUT2D eigenvalue weighted by Crippen LogP contribution is -2.14. The van der Waals surface area contributed by atoms with E-state index in [1.165, 1.54) is 10.7 Å². The number of benzene rings is 2. The van der Waals surface area contributed by atoms with Crippen LogP contribution in [0.4, 0.5) is 0 Å². The molecule has 0 saturated carbocycles. The Morgan fingerprint density at radius 3 is 2.39 bits per heavy atom. The number of hydrogen-bond acceptors (Lipinski definition) is 6. The second kappa shape index (κ2) is 7.71. The normalized spacial score (nSPS) is 11.5. The van der Waals surface area contributed by atoms with Crippen molar-refractivity contribution in [3.63, 3.8) is 0 Å². The van der Waals surface area contributed by atoms with E-state index in [0.29, 0.717) is 11.4 Å². The molecule has 9 nitrogen and oxygen atoms in total. The van der Waals surface area contributed by atoms with Gasteiger partial charge in [-0.05, 0) is 28.8 Å². The van der Waals surface area contributed by atoms with Crippen molar-refractivity contribution < 1.29 is 14.9 Å². The number of nitrogens with zero attached hydrogens (tertiary/aromatic N) is 4. The fourth-order valence-electron chi connectivity index (χ4n) is 3.46. The summed E-state index contributed by atoms with van der Waals surface area (Å²) < 4.78 is 8.38. The SMILES string of the molecule is O=c1c2ncn(COCCO)c2nc2[nH]c(-c3ccc(-c4ccc(O)cc4)cc3)cn12. The third-order valence-electron chi connectivity index (χ3n) is 5.04. The number of imidazole rings is 2. The average Bonchev–Trinajstić information content (AvgIpc) is 3.40. The highest BCUT2D eigenvalue weighted by atomic mass is 16.5. The van der Waals surface area contributed by atoms with Crippen molar-refractivity contribution in [2.75, 3.05) is 13.2 Å². The molecule has 3 aromatic heterocycles. The molecule has 0 radical (unpaired) electrons. The Hall–Kier alpha value is -3.95. The van der Waals surface area contributed by atoms with E-state index < -0.39 is 0 Å². The van der Waals surface area contributed by atoms with Crippen LogP contribution in [0, 0.1) is 0 Å². The van der Waals surface area contributed by atoms with Crippen LogP contribution in [0.2, 0.25) is 0 Å². The summed E-state index contributed by atoms with van der Waals surface area (Å²) in [6, 6.07) is 14.9. The first-order chi connectivity index (χ1) is 15.1. The number of aromatic hydroxyl groups is 1. The van der Waals surface area contributed by atoms with Crippen molar-refractivity contribution in [2.24, 2.45) is 0 Å². The molecule has 0 aliphatic heterocycles. The number of rotatable bonds is 6. The molecule has 0 amide bonds. The summed E-state index contributed by atoms with van der Waals surface area (Å²) in [7, 11) is 0. The maximum absolute atomic E-state index is 12.9. The zero-order valence-electron chi connectivity index (χ0n) is 16.4. The zero-order valence-corrected chi connectivity index (χ0v) is 16.4. The van der Waals surface area contributed by atoms with E-state index >= 15 is 0 Å². The van der Waals surface area contributed by atoms with Crippen molar-refractivity contribution in [1.82, 2.24) is 23.9 Å². The second-order valence-electron chi connectivity index (χ2n) is 7.05. The van der Waals surface area contributed by atoms with Crippen LogP contribution in [0.3, 0.4) is 0 Å². The molecule has 0 unspecified atom stereocenters. The highest BCUT2D eigenvalue weighted by Gasteiger charge is 2.14. The minimum Gasteiger partial charge on any atom is -0.508 e. The van der Waals surface area contributed by atoms with Crippen LogP contribution in [-0.2, 0) is 11.5 Å². The van der Waals surface area contributed by atoms with E-state index in [2.05, 4.69) is 15.0 Å². The Bertz CT molecular complexity index is 1420. The van der Waals surface area contributed by atoms with Gasteiger partial charge in [0, 0.05) is 6.20 Å². The summed E-state index contributed by atoms with van der Waals surface area (Å²) in [5.74, 6) is 0.630. The second-order valence-corrected chi connectivity index (χ2v) is 7.05. The van der Waals surface area contributed by atoms with Crippen molar-refractivity contribution in [1.29, 1.82) is 0 Å². The number of ether oxygens (including phenoxy) is 1. The van der Waals surface area contributed by atoms with Crippen LogP contribution in [0.1, 0.15) is 0 Å². The molecule has 156 valence electrons. The Morgan fingerprint density at radius 2 is 1.68 bits per heavy atom. The topological polar surface area (TPSA) is 118 Å². The summed E-state index contributed by atoms with van der Waals surface area (Å²) in [5, 5.41) is 18.3. The molecule has 0 bridgehead atoms. The quantitative estimate of drug-likeness (QED) is 0.365. The first-order valence-corrected chi connectivity index (χ1v) is 9.69. The third-order valence-corrected chi connectivity index (χ3v) is 5.04. The van der Waals surface area contributed by atoms with E-state index in [0.717, 1.165) is 22.4 Å². The van der Waals surface area contributed by atoms with Gasteiger partial charge in [0.2, 0.25) is 5.78 Å². The molecule has 5 aromatic rings. The number of fused-ring (bicyclic) bond motifs is 2. The number of aliphatic hydroxyl groups excluding tert-OH is 1. The average molecular weight is 417 g/mol. The highest BCUT2D eigenvalue weighted by Crippen LogP contribution is 2.25. The van der Waals surface area contributed by atoms with Gasteiger partial charge < -0.3 is 19.9 Å². The number of nitrogens with one attached hydrogen (secondary N) is 1. The summed E-state index contributed by atoms with van der Waals surface area (Å²) >= 11 is 0. The molecule has 0 aliphatic rings. The van der Waals surface area contributed by atoms with Gasteiger partial charge >= 0.3 is 0 Å². The van der Waals surface area contributed by atoms with Crippen LogP contribution >= 0.6 is 0 Å². The monoisotopic (exact) mass is 417 g/mol. The zero-order chi connectivity index (χ0) is 21.4. The first kappa shape index (κ1) is 19.0. The van der Waals surface area contributed by atoms with Crippen LogP contribution < -0.4 is 5.56 Å². The molecule has 9 heteroatoms. The fourth-order valence-corrected chi connectivity index (χ4v) is 3.46. The predicted molar refractivity (Wildman–Crippen MR) is 115 cm³/mol. The number of hydrogen-bond donors (Lipinski definition) is 3. The lowest BCUT2D eigenvalue weighted by Gasteiger charge is -2.04. The molecule has 0 atom stereocenters. The maximum atomic E-state index is 12.9. The van der Waals surface area contributed by atoms with Gasteiger partial charge in [0.15, 0.2) is 11.2 Å². The molecular formula is C22H19N5O4. The third kappa shape index (κ3) is 3.45. The number of aromatic nitrogens is 5. The minimum atomic E-state index is -0.274. The lowest BCUT2D eigenvalue weighted by atomic mass is 10.0. The molecule has 5 rings (SSSR count). The Morgan fingerprint density at radius 1 is 1.00 bits per heavy atom. The maximum Gasteiger partial charge on any atom is 0.287 e. The van der Waals surface area contributed by atoms with Crippen LogP contribution in [0.15, 0.2) is 65.8 Å². The number of H-pyrrole nitrogens is 1. The van der Waals surface area contributed by atoms with Crippen molar-refractivity contribution in [3.8, 4) is 28.1 Å². The van der Waals surface area contributed by atoms with Gasteiger partial charge in [0.25, 0.3) is 5.56 Å². The van der Waals surface area contributed by atoms with Crippen molar-refractivity contribution in [2.45, 2.75) is 6.73 Å². The van der Waals surface area contributed by atoms with E-state index in [1.807, 2.05) is 36.4 Å². The van der Waals surface area contributed by atoms with Gasteiger partial charge in [-0.15, -0.1) is 0 Å². The number of aliphatic hydroxyl groups is 1. The van der Waals surface area contributed by atoms with Crippen molar-refractivity contribution >= 4 is 16.9 Å². The van der Waals surface area contributed by atoms with Crippen LogP contribution in [0.25, 0.3) is 39.3 Å². The summed E-state index contributed by atoms with van der Waals surface area (Å²) in [4.78, 5) is 24.8. The molecule has 0 fully saturated rings. The summed E-state index contributed by atoms with van der Waals surface area (Å²) in [6.07, 6.45) is 3.21. The molecule has 3 heterocycles. The minimum absolute atomic E-state index is 0.0848. The van der Waals surface area contributed by atoms with Gasteiger partial charge in [-0.25, -0.2) is 9.38 Å². The number of phenolic OH excluding ortho intramolecular Hbond substituents is 1. The summed E-state index contributed by atoms with van der Waals surface area (Å²) in [5.41, 5.74) is 4.05. The van der Waals surface area contributed by atoms with Gasteiger partial charge in [-0.3, -0.25) is 9.36 Å². The molecule has 2 aromatic carbocycles. The van der Waals surface area contributed by atoms with E-state index in [-0.39, 0.29) is 36.8 Å². The Balaban J connectivity index is 1.50. The van der Waals surface area contributed by atoms with Crippen molar-refractivity contribution in [3.05, 3.63) is 71.4 Å². The van der Waals surface area contributed by atoms with Gasteiger partial charge in [0.05, 0.1) is 25.2 Å². The van der Waals surface area contributed by atoms with E-state index in [1.54, 1.807) is 22.9 Å². The molecule has 31 heavy (non-hydrogen) atoms. The standard InChI is InChI=1S/C22H19N5O4/c28-9-10-31-13-26-12-23-19-20(26)25-22-24-18(11-27(22)21(19)30)16-3-1-14(2-4-16)15-5-7-17(29)8-6-15/h1-8,11-12,28-29H,9-10,13H2,(H,24,25). The summed E-state index contributed by atoms with van der Waals surface area (Å²) in [6.45, 7) is 0.248. The predicted octanol–water partition coefficient (Wildman–Crippen LogP) is 2.38. The van der Waals surface area contributed by atoms with Gasteiger partial charge in [0.1, 0.15) is 12.5 Å². The van der Waals surface area contributed by atoms with Crippen LogP contribution in [0.5, 0.6) is 5.75 Å². The molecule has 0 spiro atoms. The molecule has 0 saturated heterocycles. The Labute approximate surface area is 175 Å². The van der Waals surface area contributed by atoms with Gasteiger partial charge in [-0.2, -0.15) is 4.98 Å². The lowest BCUT2D eigenvalue weighted by molar-refractivity contribution is 0.0499. The Kier molecular flexibility index (Phi) is 4.73. The molecular weight excluding hydrogens is 398 g/mol. The fraction of sp³-hybridized carbons (Fsp3) is 0.136. The van der Waals surface area contributed by atoms with E-state index in [9.17, 15) is 9.90 Å². The molecule has 0 aliphatic carbocycles. The van der Waals surface area contributed by atoms with Gasteiger partial charge in [-0.1, -0.05) is 36.4 Å². The van der Waals surface area contributed by atoms with E-state index in [4.69, 9.17) is 9.84 Å². The molecule has 3 N–H and O–H groups in total. The highest BCUT2D eigenvalue weighted by molar-refractivity contribution is 5.74. The first-order valence-electron chi connectivity index (χ1n) is 9.69. The number of aromatic amines is 1.